The number of hydrogen-bond donors (Lipinski definition) is 0. The zero-order valence-corrected chi connectivity index (χ0v) is 18.0. The second-order valence-corrected chi connectivity index (χ2v) is 8.64. The molecule has 0 radical (unpaired) electrons. The van der Waals surface area contributed by atoms with Gasteiger partial charge in [0.25, 0.3) is 11.3 Å². The summed E-state index contributed by atoms with van der Waals surface area (Å²) in [6.07, 6.45) is 1.76. The lowest BCUT2D eigenvalue weighted by Crippen LogP contribution is -2.34. The van der Waals surface area contributed by atoms with Crippen LogP contribution in [0.25, 0.3) is 16.6 Å². The van der Waals surface area contributed by atoms with Gasteiger partial charge >= 0.3 is 0 Å². The molecule has 1 fully saturated rings. The van der Waals surface area contributed by atoms with Crippen molar-refractivity contribution in [3.05, 3.63) is 117 Å². The zero-order valence-electron chi connectivity index (χ0n) is 16.4. The van der Waals surface area contributed by atoms with Crippen LogP contribution in [0.1, 0.15) is 17.0 Å². The molecule has 0 saturated carbocycles. The lowest BCUT2D eigenvalue weighted by Gasteiger charge is -2.28. The summed E-state index contributed by atoms with van der Waals surface area (Å²) in [6, 6.07) is 22.9. The Balaban J connectivity index is 1.67. The van der Waals surface area contributed by atoms with Gasteiger partial charge < -0.3 is 9.47 Å². The van der Waals surface area contributed by atoms with Crippen LogP contribution in [0, 0.1) is 0 Å². The predicted octanol–water partition coefficient (Wildman–Crippen LogP) is 4.79. The van der Waals surface area contributed by atoms with Crippen molar-refractivity contribution in [2.75, 3.05) is 6.61 Å². The van der Waals surface area contributed by atoms with E-state index in [4.69, 9.17) is 14.5 Å². The fourth-order valence-electron chi connectivity index (χ4n) is 4.51. The van der Waals surface area contributed by atoms with Gasteiger partial charge in [-0.25, -0.2) is 4.98 Å². The summed E-state index contributed by atoms with van der Waals surface area (Å²) in [4.78, 5) is 18.3. The highest BCUT2D eigenvalue weighted by Gasteiger charge is 2.58. The van der Waals surface area contributed by atoms with Crippen molar-refractivity contribution in [3.8, 4) is 5.69 Å². The van der Waals surface area contributed by atoms with Crippen molar-refractivity contribution in [2.24, 2.45) is 0 Å². The third-order valence-electron chi connectivity index (χ3n) is 6.03. The Morgan fingerprint density at radius 2 is 1.84 bits per heavy atom. The summed E-state index contributed by atoms with van der Waals surface area (Å²) < 4.78 is 15.7. The van der Waals surface area contributed by atoms with Gasteiger partial charge in [0.05, 0.1) is 23.2 Å². The summed E-state index contributed by atoms with van der Waals surface area (Å²) in [5.74, 6) is -0.907. The van der Waals surface area contributed by atoms with E-state index in [1.54, 1.807) is 16.7 Å². The van der Waals surface area contributed by atoms with E-state index in [0.717, 1.165) is 15.6 Å². The van der Waals surface area contributed by atoms with Crippen LogP contribution in [-0.2, 0) is 20.9 Å². The molecule has 2 atom stereocenters. The smallest absolute Gasteiger partial charge is 0.266 e. The first-order chi connectivity index (χ1) is 15.1. The number of aromatic nitrogens is 2. The molecule has 6 rings (SSSR count). The molecular formula is C25H17BrN2O3. The van der Waals surface area contributed by atoms with Gasteiger partial charge in [-0.2, -0.15) is 0 Å². The number of ether oxygens (including phenoxy) is 2. The van der Waals surface area contributed by atoms with Gasteiger partial charge in [0.15, 0.2) is 5.82 Å². The van der Waals surface area contributed by atoms with Crippen LogP contribution in [0.15, 0.2) is 94.7 Å². The minimum absolute atomic E-state index is 0.149. The molecule has 2 unspecified atom stereocenters. The van der Waals surface area contributed by atoms with E-state index in [2.05, 4.69) is 22.5 Å². The van der Waals surface area contributed by atoms with Crippen molar-refractivity contribution in [2.45, 2.75) is 11.4 Å². The third-order valence-corrected chi connectivity index (χ3v) is 6.53. The maximum atomic E-state index is 13.5. The topological polar surface area (TPSA) is 53.4 Å². The number of para-hydroxylation sites is 1. The average Bonchev–Trinajstić information content (AvgIpc) is 3.33. The van der Waals surface area contributed by atoms with Crippen LogP contribution in [-0.4, -0.2) is 16.2 Å². The summed E-state index contributed by atoms with van der Waals surface area (Å²) in [5.41, 5.74) is 1.95. The highest BCUT2D eigenvalue weighted by Crippen LogP contribution is 2.53. The average molecular weight is 473 g/mol. The first-order valence-corrected chi connectivity index (χ1v) is 10.7. The molecule has 0 bridgehead atoms. The zero-order chi connectivity index (χ0) is 21.2. The summed E-state index contributed by atoms with van der Waals surface area (Å²) in [6.45, 7) is 4.28. The van der Waals surface area contributed by atoms with E-state index >= 15 is 0 Å². The standard InChI is InChI=1S/C25H17BrN2O3/c1-2-24(16-8-4-3-5-9-16)15-30-25(31-24)19-14-17(26)12-13-21(19)28-22(29)18-10-6-7-11-20(18)27-23(25)28/h2-14H,1,15H2. The van der Waals surface area contributed by atoms with E-state index in [1.165, 1.54) is 0 Å². The van der Waals surface area contributed by atoms with Gasteiger partial charge in [0.2, 0.25) is 0 Å². The minimum atomic E-state index is -1.33. The third kappa shape index (κ3) is 2.44. The molecule has 3 aromatic carbocycles. The highest BCUT2D eigenvalue weighted by molar-refractivity contribution is 9.10. The maximum Gasteiger partial charge on any atom is 0.266 e. The predicted molar refractivity (Wildman–Crippen MR) is 121 cm³/mol. The minimum Gasteiger partial charge on any atom is -0.336 e. The number of fused-ring (bicyclic) bond motifs is 6. The first kappa shape index (κ1) is 18.7. The normalized spacial score (nSPS) is 23.8. The van der Waals surface area contributed by atoms with Crippen molar-refractivity contribution in [1.29, 1.82) is 0 Å². The monoisotopic (exact) mass is 472 g/mol. The Labute approximate surface area is 186 Å². The summed E-state index contributed by atoms with van der Waals surface area (Å²) >= 11 is 3.55. The Morgan fingerprint density at radius 1 is 1.06 bits per heavy atom. The van der Waals surface area contributed by atoms with Crippen molar-refractivity contribution >= 4 is 26.8 Å². The second-order valence-electron chi connectivity index (χ2n) is 7.72. The molecule has 2 aliphatic rings. The molecule has 2 aliphatic heterocycles. The molecule has 1 spiro atoms. The molecule has 31 heavy (non-hydrogen) atoms. The molecule has 1 saturated heterocycles. The number of rotatable bonds is 2. The number of benzene rings is 3. The van der Waals surface area contributed by atoms with Crippen LogP contribution < -0.4 is 5.56 Å². The quantitative estimate of drug-likeness (QED) is 0.393. The number of nitrogens with zero attached hydrogens (tertiary/aromatic N) is 2. The lowest BCUT2D eigenvalue weighted by atomic mass is 9.95. The van der Waals surface area contributed by atoms with E-state index < -0.39 is 11.4 Å². The molecule has 0 aliphatic carbocycles. The van der Waals surface area contributed by atoms with Gasteiger partial charge in [-0.3, -0.25) is 9.36 Å². The van der Waals surface area contributed by atoms with Gasteiger partial charge in [-0.15, -0.1) is 0 Å². The van der Waals surface area contributed by atoms with Crippen LogP contribution >= 0.6 is 15.9 Å². The fourth-order valence-corrected chi connectivity index (χ4v) is 4.87. The van der Waals surface area contributed by atoms with E-state index in [9.17, 15) is 4.79 Å². The van der Waals surface area contributed by atoms with E-state index in [0.29, 0.717) is 22.4 Å². The van der Waals surface area contributed by atoms with Gasteiger partial charge in [-0.1, -0.05) is 71.0 Å². The SMILES string of the molecule is C=CC1(c2ccccc2)COC2(O1)c1cc(Br)ccc1-n1c2nc2ccccc2c1=O. The van der Waals surface area contributed by atoms with Crippen LogP contribution in [0.2, 0.25) is 0 Å². The Kier molecular flexibility index (Phi) is 3.90. The molecule has 1 aromatic heterocycles. The van der Waals surface area contributed by atoms with Crippen molar-refractivity contribution in [3.63, 3.8) is 0 Å². The highest BCUT2D eigenvalue weighted by atomic mass is 79.9. The molecule has 3 heterocycles. The van der Waals surface area contributed by atoms with E-state index in [-0.39, 0.29) is 12.2 Å². The van der Waals surface area contributed by atoms with Gasteiger partial charge in [0.1, 0.15) is 5.60 Å². The van der Waals surface area contributed by atoms with Gasteiger partial charge in [0, 0.05) is 10.0 Å². The van der Waals surface area contributed by atoms with Crippen LogP contribution in [0.5, 0.6) is 0 Å². The van der Waals surface area contributed by atoms with Crippen molar-refractivity contribution in [1.82, 2.24) is 9.55 Å². The number of hydrogen-bond acceptors (Lipinski definition) is 4. The van der Waals surface area contributed by atoms with E-state index in [1.807, 2.05) is 66.7 Å². The summed E-state index contributed by atoms with van der Waals surface area (Å²) in [7, 11) is 0. The largest absolute Gasteiger partial charge is 0.336 e. The molecule has 4 aromatic rings. The Morgan fingerprint density at radius 3 is 2.65 bits per heavy atom. The Hall–Kier alpha value is -3.06. The second kappa shape index (κ2) is 6.47. The fraction of sp³-hybridized carbons (Fsp3) is 0.120. The first-order valence-electron chi connectivity index (χ1n) is 9.94. The molecular weight excluding hydrogens is 456 g/mol. The maximum absolute atomic E-state index is 13.5. The summed E-state index contributed by atoms with van der Waals surface area (Å²) in [5, 5.41) is 0.549. The van der Waals surface area contributed by atoms with Crippen LogP contribution in [0.3, 0.4) is 0 Å². The Bertz CT molecular complexity index is 1430. The van der Waals surface area contributed by atoms with Gasteiger partial charge in [-0.05, 0) is 35.9 Å². The molecule has 152 valence electrons. The van der Waals surface area contributed by atoms with Crippen molar-refractivity contribution < 1.29 is 9.47 Å². The molecule has 0 N–H and O–H groups in total. The molecule has 5 nitrogen and oxygen atoms in total. The number of halogens is 1. The van der Waals surface area contributed by atoms with Crippen LogP contribution in [0.4, 0.5) is 0 Å². The lowest BCUT2D eigenvalue weighted by molar-refractivity contribution is -0.159. The molecule has 6 heteroatoms. The molecule has 0 amide bonds.